The van der Waals surface area contributed by atoms with Gasteiger partial charge in [0.05, 0.1) is 5.56 Å². The predicted molar refractivity (Wildman–Crippen MR) is 41.1 cm³/mol. The van der Waals surface area contributed by atoms with Crippen molar-refractivity contribution in [2.24, 2.45) is 0 Å². The van der Waals surface area contributed by atoms with Crippen LogP contribution in [0.4, 0.5) is 17.6 Å². The molecule has 2 nitrogen and oxygen atoms in total. The summed E-state index contributed by atoms with van der Waals surface area (Å²) in [6, 6.07) is 0.580. The highest BCUT2D eigenvalue weighted by molar-refractivity contribution is 6.58. The summed E-state index contributed by atoms with van der Waals surface area (Å²) in [5.74, 6) is -2.65. The van der Waals surface area contributed by atoms with Gasteiger partial charge in [0.25, 0.3) is 6.43 Å². The van der Waals surface area contributed by atoms with Gasteiger partial charge in [0.1, 0.15) is 11.6 Å². The van der Waals surface area contributed by atoms with Crippen molar-refractivity contribution in [3.8, 4) is 0 Å². The highest BCUT2D eigenvalue weighted by Gasteiger charge is 2.22. The Morgan fingerprint density at radius 3 is 2.07 bits per heavy atom. The summed E-state index contributed by atoms with van der Waals surface area (Å²) in [6.07, 6.45) is -3.14. The second kappa shape index (κ2) is 3.97. The first kappa shape index (κ1) is 11.0. The molecule has 0 radical (unpaired) electrons. The Balaban J connectivity index is 3.24. The Morgan fingerprint density at radius 1 is 1.07 bits per heavy atom. The zero-order valence-corrected chi connectivity index (χ0v) is 6.72. The van der Waals surface area contributed by atoms with E-state index in [2.05, 4.69) is 0 Å². The second-order valence-electron chi connectivity index (χ2n) is 2.57. The summed E-state index contributed by atoms with van der Waals surface area (Å²) in [5, 5.41) is 17.0. The maximum Gasteiger partial charge on any atom is 0.491 e. The van der Waals surface area contributed by atoms with Gasteiger partial charge >= 0.3 is 7.12 Å². The molecule has 7 heteroatoms. The van der Waals surface area contributed by atoms with Gasteiger partial charge in [-0.1, -0.05) is 0 Å². The van der Waals surface area contributed by atoms with Gasteiger partial charge < -0.3 is 10.0 Å². The minimum Gasteiger partial charge on any atom is -0.423 e. The van der Waals surface area contributed by atoms with E-state index in [0.717, 1.165) is 0 Å². The molecule has 0 saturated heterocycles. The zero-order chi connectivity index (χ0) is 10.9. The largest absolute Gasteiger partial charge is 0.491 e. The Hall–Kier alpha value is -1.08. The normalized spacial score (nSPS) is 10.8. The summed E-state index contributed by atoms with van der Waals surface area (Å²) in [6.45, 7) is 0. The fraction of sp³-hybridized carbons (Fsp3) is 0.143. The van der Waals surface area contributed by atoms with Crippen LogP contribution >= 0.6 is 0 Å². The molecule has 0 aliphatic carbocycles. The topological polar surface area (TPSA) is 40.5 Å². The molecule has 1 rings (SSSR count). The summed E-state index contributed by atoms with van der Waals surface area (Å²) in [4.78, 5) is 0. The van der Waals surface area contributed by atoms with Crippen molar-refractivity contribution < 1.29 is 27.6 Å². The third-order valence-electron chi connectivity index (χ3n) is 1.63. The van der Waals surface area contributed by atoms with Crippen molar-refractivity contribution in [2.45, 2.75) is 6.43 Å². The Morgan fingerprint density at radius 2 is 1.64 bits per heavy atom. The van der Waals surface area contributed by atoms with E-state index >= 15 is 0 Å². The number of halogens is 4. The smallest absolute Gasteiger partial charge is 0.423 e. The third kappa shape index (κ3) is 2.05. The Bertz CT molecular complexity index is 309. The highest BCUT2D eigenvalue weighted by Crippen LogP contribution is 2.21. The molecule has 0 aliphatic rings. The molecule has 0 saturated carbocycles. The quantitative estimate of drug-likeness (QED) is 0.551. The molecule has 0 aromatic heterocycles. The van der Waals surface area contributed by atoms with E-state index in [1.165, 1.54) is 0 Å². The molecule has 0 unspecified atom stereocenters. The maximum absolute atomic E-state index is 12.8. The van der Waals surface area contributed by atoms with Crippen molar-refractivity contribution >= 4 is 12.6 Å². The fourth-order valence-electron chi connectivity index (χ4n) is 0.943. The van der Waals surface area contributed by atoms with Crippen LogP contribution in [0.3, 0.4) is 0 Å². The van der Waals surface area contributed by atoms with Crippen LogP contribution in [0.15, 0.2) is 12.1 Å². The van der Waals surface area contributed by atoms with Gasteiger partial charge in [0.2, 0.25) is 0 Å². The van der Waals surface area contributed by atoms with Crippen LogP contribution in [-0.4, -0.2) is 17.2 Å². The monoisotopic (exact) mass is 208 g/mol. The lowest BCUT2D eigenvalue weighted by atomic mass is 9.79. The highest BCUT2D eigenvalue weighted by atomic mass is 19.3. The molecular weight excluding hydrogens is 203 g/mol. The van der Waals surface area contributed by atoms with Crippen LogP contribution in [-0.2, 0) is 0 Å². The lowest BCUT2D eigenvalue weighted by Crippen LogP contribution is -2.33. The summed E-state index contributed by atoms with van der Waals surface area (Å²) < 4.78 is 49.6. The Kier molecular flexibility index (Phi) is 3.12. The van der Waals surface area contributed by atoms with E-state index in [0.29, 0.717) is 6.07 Å². The van der Waals surface area contributed by atoms with Crippen molar-refractivity contribution in [1.29, 1.82) is 0 Å². The first-order chi connectivity index (χ1) is 6.43. The van der Waals surface area contributed by atoms with Gasteiger partial charge in [-0.15, -0.1) is 0 Å². The molecule has 0 amide bonds. The van der Waals surface area contributed by atoms with Crippen LogP contribution in [0.5, 0.6) is 0 Å². The molecule has 0 aliphatic heterocycles. The molecular formula is C7H5BF4O2. The minimum absolute atomic E-state index is 0.245. The molecule has 1 aromatic rings. The van der Waals surface area contributed by atoms with Gasteiger partial charge in [-0.25, -0.2) is 17.6 Å². The van der Waals surface area contributed by atoms with Crippen LogP contribution in [0.25, 0.3) is 0 Å². The molecule has 0 fully saturated rings. The summed E-state index contributed by atoms with van der Waals surface area (Å²) >= 11 is 0. The zero-order valence-electron chi connectivity index (χ0n) is 6.72. The molecule has 14 heavy (non-hydrogen) atoms. The van der Waals surface area contributed by atoms with E-state index in [1.54, 1.807) is 0 Å². The second-order valence-corrected chi connectivity index (χ2v) is 2.57. The van der Waals surface area contributed by atoms with Gasteiger partial charge in [-0.2, -0.15) is 0 Å². The molecule has 0 spiro atoms. The lowest BCUT2D eigenvalue weighted by molar-refractivity contribution is 0.146. The van der Waals surface area contributed by atoms with Crippen LogP contribution < -0.4 is 5.46 Å². The number of rotatable bonds is 2. The molecule has 0 heterocycles. The molecule has 2 N–H and O–H groups in total. The van der Waals surface area contributed by atoms with Gasteiger partial charge in [-0.3, -0.25) is 0 Å². The first-order valence-electron chi connectivity index (χ1n) is 3.56. The van der Waals surface area contributed by atoms with Crippen LogP contribution in [0.2, 0.25) is 0 Å². The average Bonchev–Trinajstić information content (AvgIpc) is 2.07. The Labute approximate surface area is 76.9 Å². The molecule has 76 valence electrons. The minimum atomic E-state index is -3.14. The van der Waals surface area contributed by atoms with Crippen molar-refractivity contribution in [3.05, 3.63) is 29.3 Å². The summed E-state index contributed by atoms with van der Waals surface area (Å²) in [7, 11) is -2.23. The van der Waals surface area contributed by atoms with E-state index in [1.807, 2.05) is 0 Å². The van der Waals surface area contributed by atoms with Crippen molar-refractivity contribution in [1.82, 2.24) is 0 Å². The van der Waals surface area contributed by atoms with Crippen LogP contribution in [0.1, 0.15) is 12.0 Å². The SMILES string of the molecule is OB(O)c1cc(F)c(C(F)F)cc1F. The van der Waals surface area contributed by atoms with Crippen molar-refractivity contribution in [2.75, 3.05) is 0 Å². The first-order valence-corrected chi connectivity index (χ1v) is 3.56. The van der Waals surface area contributed by atoms with Crippen molar-refractivity contribution in [3.63, 3.8) is 0 Å². The van der Waals surface area contributed by atoms with E-state index in [4.69, 9.17) is 10.0 Å². The summed E-state index contributed by atoms with van der Waals surface area (Å²) in [5.41, 5.74) is -1.88. The number of hydrogen-bond acceptors (Lipinski definition) is 2. The van der Waals surface area contributed by atoms with Gasteiger partial charge in [0.15, 0.2) is 0 Å². The van der Waals surface area contributed by atoms with Crippen LogP contribution in [0, 0.1) is 11.6 Å². The molecule has 0 atom stereocenters. The van der Waals surface area contributed by atoms with Gasteiger partial charge in [-0.05, 0) is 12.1 Å². The maximum atomic E-state index is 12.8. The number of alkyl halides is 2. The number of hydrogen-bond donors (Lipinski definition) is 2. The number of benzene rings is 1. The third-order valence-corrected chi connectivity index (χ3v) is 1.63. The van der Waals surface area contributed by atoms with E-state index in [-0.39, 0.29) is 6.07 Å². The van der Waals surface area contributed by atoms with E-state index < -0.39 is 36.2 Å². The molecule has 1 aromatic carbocycles. The average molecular weight is 208 g/mol. The lowest BCUT2D eigenvalue weighted by Gasteiger charge is -2.06. The fourth-order valence-corrected chi connectivity index (χ4v) is 0.943. The standard InChI is InChI=1S/C7H5BF4O2/c9-5-2-4(8(13)14)6(10)1-3(5)7(11)12/h1-2,7,13-14H. The predicted octanol–water partition coefficient (Wildman–Crippen LogP) is 0.582. The molecule has 0 bridgehead atoms. The van der Waals surface area contributed by atoms with E-state index in [9.17, 15) is 17.6 Å². The van der Waals surface area contributed by atoms with Gasteiger partial charge in [0, 0.05) is 5.46 Å².